The van der Waals surface area contributed by atoms with Crippen molar-refractivity contribution in [2.75, 3.05) is 0 Å². The van der Waals surface area contributed by atoms with Crippen molar-refractivity contribution in [3.8, 4) is 0 Å². The summed E-state index contributed by atoms with van der Waals surface area (Å²) in [5.41, 5.74) is 6.75. The van der Waals surface area contributed by atoms with Crippen molar-refractivity contribution in [1.82, 2.24) is 4.98 Å². The van der Waals surface area contributed by atoms with E-state index in [4.69, 9.17) is 4.99 Å². The maximum atomic E-state index is 11.9. The molecule has 142 valence electrons. The monoisotopic (exact) mass is 370 g/mol. The van der Waals surface area contributed by atoms with Gasteiger partial charge in [-0.1, -0.05) is 48.1 Å². The lowest BCUT2D eigenvalue weighted by Crippen LogP contribution is -2.40. The minimum absolute atomic E-state index is 0.0413. The number of H-pyrrole nitrogens is 1. The number of aliphatic imine (C=N–C) groups is 1. The first kappa shape index (κ1) is 18.4. The summed E-state index contributed by atoms with van der Waals surface area (Å²) in [6.07, 6.45) is 10.3. The molecule has 0 amide bonds. The fourth-order valence-corrected chi connectivity index (χ4v) is 4.73. The molecule has 28 heavy (non-hydrogen) atoms. The normalized spacial score (nSPS) is 25.7. The van der Waals surface area contributed by atoms with Crippen LogP contribution in [0, 0.1) is 5.92 Å². The fourth-order valence-electron chi connectivity index (χ4n) is 4.73. The smallest absolute Gasteiger partial charge is 0.248 e. The number of pyridine rings is 1. The first-order valence-corrected chi connectivity index (χ1v) is 9.87. The predicted octanol–water partition coefficient (Wildman–Crippen LogP) is 5.21. The first-order chi connectivity index (χ1) is 13.5. The highest BCUT2D eigenvalue weighted by Crippen LogP contribution is 2.51. The van der Waals surface area contributed by atoms with Crippen molar-refractivity contribution < 1.29 is 0 Å². The van der Waals surface area contributed by atoms with Crippen molar-refractivity contribution in [1.29, 1.82) is 0 Å². The molecule has 1 aromatic carbocycles. The Kier molecular flexibility index (Phi) is 4.76. The number of hydrogen-bond donors (Lipinski definition) is 1. The number of aromatic amines is 1. The molecule has 0 saturated carbocycles. The van der Waals surface area contributed by atoms with Gasteiger partial charge >= 0.3 is 0 Å². The number of fused-ring (bicyclic) bond motifs is 4. The lowest BCUT2D eigenvalue weighted by Gasteiger charge is -2.45. The Labute approximate surface area is 166 Å². The molecule has 0 spiro atoms. The zero-order valence-electron chi connectivity index (χ0n) is 16.7. The van der Waals surface area contributed by atoms with Crippen molar-refractivity contribution in [3.63, 3.8) is 0 Å². The van der Waals surface area contributed by atoms with Crippen LogP contribution >= 0.6 is 0 Å². The van der Waals surface area contributed by atoms with E-state index >= 15 is 0 Å². The second-order valence-electron chi connectivity index (χ2n) is 7.81. The van der Waals surface area contributed by atoms with Gasteiger partial charge in [-0.05, 0) is 56.0 Å². The van der Waals surface area contributed by atoms with E-state index in [2.05, 4.69) is 56.1 Å². The molecule has 1 N–H and O–H groups in total. The molecule has 3 nitrogen and oxygen atoms in total. The maximum absolute atomic E-state index is 11.9. The van der Waals surface area contributed by atoms with Gasteiger partial charge in [-0.3, -0.25) is 9.79 Å². The molecular formula is C25H26N2O. The Morgan fingerprint density at radius 2 is 2.00 bits per heavy atom. The van der Waals surface area contributed by atoms with Gasteiger partial charge in [-0.2, -0.15) is 0 Å². The average molecular weight is 370 g/mol. The van der Waals surface area contributed by atoms with Crippen molar-refractivity contribution in [2.24, 2.45) is 10.9 Å². The third-order valence-electron chi connectivity index (χ3n) is 5.93. The van der Waals surface area contributed by atoms with Gasteiger partial charge in [0.2, 0.25) is 5.56 Å². The number of aromatic nitrogens is 1. The van der Waals surface area contributed by atoms with Crippen LogP contribution in [0.25, 0.3) is 5.57 Å². The summed E-state index contributed by atoms with van der Waals surface area (Å²) < 4.78 is 0. The van der Waals surface area contributed by atoms with E-state index in [0.717, 1.165) is 24.1 Å². The zero-order chi connectivity index (χ0) is 19.7. The highest BCUT2D eigenvalue weighted by atomic mass is 16.1. The molecule has 0 fully saturated rings. The Bertz CT molecular complexity index is 1070. The van der Waals surface area contributed by atoms with Gasteiger partial charge in [0.15, 0.2) is 0 Å². The molecule has 2 bridgehead atoms. The quantitative estimate of drug-likeness (QED) is 0.585. The van der Waals surface area contributed by atoms with Crippen LogP contribution in [0.5, 0.6) is 0 Å². The van der Waals surface area contributed by atoms with E-state index in [1.165, 1.54) is 22.3 Å². The molecule has 2 atom stereocenters. The fraction of sp³-hybridized carbons (Fsp3) is 0.280. The van der Waals surface area contributed by atoms with Crippen LogP contribution in [-0.4, -0.2) is 11.2 Å². The zero-order valence-corrected chi connectivity index (χ0v) is 16.7. The molecule has 1 aromatic heterocycles. The van der Waals surface area contributed by atoms with Crippen LogP contribution in [0.15, 0.2) is 81.6 Å². The van der Waals surface area contributed by atoms with Crippen molar-refractivity contribution in [2.45, 2.75) is 39.2 Å². The predicted molar refractivity (Wildman–Crippen MR) is 117 cm³/mol. The van der Waals surface area contributed by atoms with E-state index in [0.29, 0.717) is 5.92 Å². The van der Waals surface area contributed by atoms with Gasteiger partial charge in [-0.25, -0.2) is 0 Å². The molecular weight excluding hydrogens is 344 g/mol. The average Bonchev–Trinajstić information content (AvgIpc) is 2.67. The summed E-state index contributed by atoms with van der Waals surface area (Å²) in [5, 5.41) is 0. The van der Waals surface area contributed by atoms with Crippen LogP contribution in [0.4, 0.5) is 0 Å². The summed E-state index contributed by atoms with van der Waals surface area (Å²) in [4.78, 5) is 20.1. The molecule has 3 heteroatoms. The van der Waals surface area contributed by atoms with Crippen molar-refractivity contribution >= 4 is 11.8 Å². The molecule has 0 radical (unpaired) electrons. The summed E-state index contributed by atoms with van der Waals surface area (Å²) >= 11 is 0. The second-order valence-corrected chi connectivity index (χ2v) is 7.81. The number of allylic oxidation sites excluding steroid dienone is 4. The van der Waals surface area contributed by atoms with E-state index in [1.54, 1.807) is 6.07 Å². The number of nitrogens with zero attached hydrogens (tertiary/aromatic N) is 1. The van der Waals surface area contributed by atoms with E-state index in [-0.39, 0.29) is 5.56 Å². The molecule has 0 unspecified atom stereocenters. The Hall–Kier alpha value is -2.94. The first-order valence-electron chi connectivity index (χ1n) is 9.87. The lowest BCUT2D eigenvalue weighted by atomic mass is 9.63. The molecule has 1 heterocycles. The molecule has 2 aliphatic carbocycles. The highest BCUT2D eigenvalue weighted by Gasteiger charge is 2.46. The van der Waals surface area contributed by atoms with Crippen LogP contribution in [0.3, 0.4) is 0 Å². The van der Waals surface area contributed by atoms with E-state index in [1.807, 2.05) is 30.5 Å². The molecule has 0 aliphatic heterocycles. The summed E-state index contributed by atoms with van der Waals surface area (Å²) in [5.74, 6) is 0.292. The third-order valence-corrected chi connectivity index (χ3v) is 5.93. The standard InChI is InChI=1S/C25H26N2O/c1-4-21-20-14-17(2)16-25(21,22-10-11-24(28)27-23(22)15-20)26-13-12-18(3)19-8-6-5-7-9-19/h4-14,20H,15-16H2,1-3H3,(H,27,28)/b18-12+,21-4+,26-13+/t20-,25+/m0/s1. The summed E-state index contributed by atoms with van der Waals surface area (Å²) in [7, 11) is 0. The number of rotatable bonds is 3. The van der Waals surface area contributed by atoms with Crippen molar-refractivity contribution in [3.05, 3.63) is 99.0 Å². The van der Waals surface area contributed by atoms with Crippen LogP contribution in [0.2, 0.25) is 0 Å². The molecule has 0 saturated heterocycles. The highest BCUT2D eigenvalue weighted by molar-refractivity contribution is 5.84. The summed E-state index contributed by atoms with van der Waals surface area (Å²) in [6, 6.07) is 13.9. The van der Waals surface area contributed by atoms with Gasteiger partial charge in [0.05, 0.1) is 0 Å². The minimum atomic E-state index is -0.427. The van der Waals surface area contributed by atoms with Gasteiger partial charge < -0.3 is 4.98 Å². The number of benzene rings is 1. The molecule has 4 rings (SSSR count). The van der Waals surface area contributed by atoms with E-state index < -0.39 is 5.54 Å². The van der Waals surface area contributed by atoms with E-state index in [9.17, 15) is 4.79 Å². The number of nitrogens with one attached hydrogen (secondary N) is 1. The molecule has 2 aliphatic rings. The van der Waals surface area contributed by atoms with Crippen LogP contribution in [0.1, 0.15) is 44.0 Å². The van der Waals surface area contributed by atoms with Crippen LogP contribution < -0.4 is 5.56 Å². The van der Waals surface area contributed by atoms with Gasteiger partial charge in [0, 0.05) is 35.9 Å². The van der Waals surface area contributed by atoms with Gasteiger partial charge in [0.25, 0.3) is 0 Å². The maximum Gasteiger partial charge on any atom is 0.248 e. The largest absolute Gasteiger partial charge is 0.326 e. The Balaban J connectivity index is 1.82. The number of hydrogen-bond acceptors (Lipinski definition) is 2. The SMILES string of the molecule is C/C=C1\[C@H]2C=C(C)C[C@]1(/N=C/C=C(\C)c1ccccc1)c1ccc(=O)[nH]c1C2. The second kappa shape index (κ2) is 7.23. The van der Waals surface area contributed by atoms with Gasteiger partial charge in [0.1, 0.15) is 5.54 Å². The van der Waals surface area contributed by atoms with Crippen LogP contribution in [-0.2, 0) is 12.0 Å². The molecule has 2 aromatic rings. The lowest BCUT2D eigenvalue weighted by molar-refractivity contribution is 0.413. The Morgan fingerprint density at radius 3 is 2.75 bits per heavy atom. The summed E-state index contributed by atoms with van der Waals surface area (Å²) in [6.45, 7) is 6.39. The minimum Gasteiger partial charge on any atom is -0.326 e. The van der Waals surface area contributed by atoms with Gasteiger partial charge in [-0.15, -0.1) is 0 Å². The topological polar surface area (TPSA) is 45.2 Å². The third kappa shape index (κ3) is 3.11. The Morgan fingerprint density at radius 1 is 1.21 bits per heavy atom.